The Labute approximate surface area is 122 Å². The average Bonchev–Trinajstić information content (AvgIpc) is 2.53. The Morgan fingerprint density at radius 2 is 1.86 bits per heavy atom. The summed E-state index contributed by atoms with van der Waals surface area (Å²) in [7, 11) is 0. The van der Waals surface area contributed by atoms with Crippen LogP contribution in [0.15, 0.2) is 54.3 Å². The van der Waals surface area contributed by atoms with Gasteiger partial charge in [0.05, 0.1) is 5.92 Å². The number of halogens is 1. The Bertz CT molecular complexity index is 701. The number of para-hydroxylation sites is 1. The number of fused-ring (bicyclic) bond motifs is 1. The Balaban J connectivity index is 2.17. The molecule has 1 aliphatic heterocycles. The summed E-state index contributed by atoms with van der Waals surface area (Å²) in [5.74, 6) is 0.808. The summed E-state index contributed by atoms with van der Waals surface area (Å²) >= 11 is 0. The lowest BCUT2D eigenvalue weighted by atomic mass is 9.84. The fourth-order valence-electron chi connectivity index (χ4n) is 2.72. The molecular formula is C18H15FO2. The van der Waals surface area contributed by atoms with E-state index in [2.05, 4.69) is 0 Å². The Morgan fingerprint density at radius 1 is 1.14 bits per heavy atom. The maximum Gasteiger partial charge on any atom is 0.132 e. The Hall–Kier alpha value is -2.42. The summed E-state index contributed by atoms with van der Waals surface area (Å²) in [5, 5.41) is 0. The first-order valence-electron chi connectivity index (χ1n) is 6.95. The lowest BCUT2D eigenvalue weighted by Crippen LogP contribution is -2.16. The van der Waals surface area contributed by atoms with Crippen molar-refractivity contribution < 1.29 is 13.9 Å². The highest BCUT2D eigenvalue weighted by Crippen LogP contribution is 2.43. The van der Waals surface area contributed by atoms with Crippen molar-refractivity contribution in [3.8, 4) is 5.75 Å². The number of hydrogen-bond acceptors (Lipinski definition) is 2. The van der Waals surface area contributed by atoms with Crippen LogP contribution in [0.3, 0.4) is 0 Å². The largest absolute Gasteiger partial charge is 0.461 e. The summed E-state index contributed by atoms with van der Waals surface area (Å²) in [5.41, 5.74) is 2.50. The zero-order valence-electron chi connectivity index (χ0n) is 11.7. The SMILES string of the molecule is CCC1=C(c2ccc(F)cc2)C(C=O)c2ccccc2O1. The van der Waals surface area contributed by atoms with Gasteiger partial charge in [-0.2, -0.15) is 0 Å². The molecule has 1 unspecified atom stereocenters. The maximum absolute atomic E-state index is 13.1. The van der Waals surface area contributed by atoms with Gasteiger partial charge in [-0.25, -0.2) is 4.39 Å². The molecule has 0 saturated heterocycles. The van der Waals surface area contributed by atoms with Crippen molar-refractivity contribution in [2.24, 2.45) is 0 Å². The van der Waals surface area contributed by atoms with E-state index in [1.807, 2.05) is 31.2 Å². The minimum atomic E-state index is -0.379. The first-order chi connectivity index (χ1) is 10.2. The van der Waals surface area contributed by atoms with Crippen molar-refractivity contribution in [1.82, 2.24) is 0 Å². The van der Waals surface area contributed by atoms with Gasteiger partial charge in [0.25, 0.3) is 0 Å². The third-order valence-electron chi connectivity index (χ3n) is 3.71. The maximum atomic E-state index is 13.1. The fourth-order valence-corrected chi connectivity index (χ4v) is 2.72. The van der Waals surface area contributed by atoms with Gasteiger partial charge in [0.1, 0.15) is 23.6 Å². The molecule has 2 aromatic rings. The number of allylic oxidation sites excluding steroid dienone is 2. The van der Waals surface area contributed by atoms with Gasteiger partial charge in [-0.05, 0) is 23.8 Å². The van der Waals surface area contributed by atoms with E-state index < -0.39 is 0 Å². The molecule has 2 nitrogen and oxygen atoms in total. The van der Waals surface area contributed by atoms with Crippen LogP contribution in [0.5, 0.6) is 5.75 Å². The van der Waals surface area contributed by atoms with E-state index in [1.54, 1.807) is 12.1 Å². The number of carbonyl (C=O) groups is 1. The molecule has 2 aromatic carbocycles. The summed E-state index contributed by atoms with van der Waals surface area (Å²) in [6, 6.07) is 13.7. The first-order valence-corrected chi connectivity index (χ1v) is 6.95. The monoisotopic (exact) mass is 282 g/mol. The van der Waals surface area contributed by atoms with E-state index >= 15 is 0 Å². The van der Waals surface area contributed by atoms with Gasteiger partial charge in [-0.1, -0.05) is 37.3 Å². The molecule has 0 saturated carbocycles. The highest BCUT2D eigenvalue weighted by Gasteiger charge is 2.29. The van der Waals surface area contributed by atoms with Crippen LogP contribution < -0.4 is 4.74 Å². The van der Waals surface area contributed by atoms with Crippen LogP contribution in [0.1, 0.15) is 30.4 Å². The summed E-state index contributed by atoms with van der Waals surface area (Å²) in [6.07, 6.45) is 1.60. The smallest absolute Gasteiger partial charge is 0.132 e. The van der Waals surface area contributed by atoms with Gasteiger partial charge in [0.15, 0.2) is 0 Å². The number of rotatable bonds is 3. The standard InChI is InChI=1S/C18H15FO2/c1-2-16-18(12-7-9-13(19)10-8-12)15(11-20)14-5-3-4-6-17(14)21-16/h3-11,15H,2H2,1H3. The highest BCUT2D eigenvalue weighted by atomic mass is 19.1. The molecule has 0 N–H and O–H groups in total. The number of aldehydes is 1. The average molecular weight is 282 g/mol. The van der Waals surface area contributed by atoms with Gasteiger partial charge >= 0.3 is 0 Å². The van der Waals surface area contributed by atoms with Crippen molar-refractivity contribution in [3.05, 3.63) is 71.2 Å². The molecule has 0 spiro atoms. The quantitative estimate of drug-likeness (QED) is 0.784. The van der Waals surface area contributed by atoms with Crippen LogP contribution in [-0.4, -0.2) is 6.29 Å². The van der Waals surface area contributed by atoms with E-state index in [-0.39, 0.29) is 11.7 Å². The minimum Gasteiger partial charge on any atom is -0.461 e. The van der Waals surface area contributed by atoms with Crippen molar-refractivity contribution in [2.75, 3.05) is 0 Å². The molecular weight excluding hydrogens is 267 g/mol. The molecule has 0 bridgehead atoms. The summed E-state index contributed by atoms with van der Waals surface area (Å²) < 4.78 is 19.1. The summed E-state index contributed by atoms with van der Waals surface area (Å²) in [4.78, 5) is 11.7. The van der Waals surface area contributed by atoms with Gasteiger partial charge < -0.3 is 9.53 Å². The molecule has 1 atom stereocenters. The van der Waals surface area contributed by atoms with Crippen LogP contribution >= 0.6 is 0 Å². The second-order valence-electron chi connectivity index (χ2n) is 4.95. The molecule has 3 rings (SSSR count). The highest BCUT2D eigenvalue weighted by molar-refractivity contribution is 5.89. The number of hydrogen-bond donors (Lipinski definition) is 0. The van der Waals surface area contributed by atoms with Crippen LogP contribution in [0, 0.1) is 5.82 Å². The van der Waals surface area contributed by atoms with Crippen LogP contribution in [-0.2, 0) is 4.79 Å². The van der Waals surface area contributed by atoms with E-state index in [1.165, 1.54) is 12.1 Å². The molecule has 1 aliphatic rings. The first kappa shape index (κ1) is 13.6. The van der Waals surface area contributed by atoms with E-state index in [0.29, 0.717) is 6.42 Å². The predicted molar refractivity (Wildman–Crippen MR) is 79.5 cm³/mol. The zero-order chi connectivity index (χ0) is 14.8. The Morgan fingerprint density at radius 3 is 2.52 bits per heavy atom. The molecule has 1 heterocycles. The van der Waals surface area contributed by atoms with Crippen molar-refractivity contribution >= 4 is 11.9 Å². The normalized spacial score (nSPS) is 17.1. The van der Waals surface area contributed by atoms with Crippen molar-refractivity contribution in [3.63, 3.8) is 0 Å². The molecule has 21 heavy (non-hydrogen) atoms. The molecule has 0 aromatic heterocycles. The minimum absolute atomic E-state index is 0.294. The van der Waals surface area contributed by atoms with Crippen molar-refractivity contribution in [2.45, 2.75) is 19.3 Å². The fraction of sp³-hybridized carbons (Fsp3) is 0.167. The Kier molecular flexibility index (Phi) is 3.57. The van der Waals surface area contributed by atoms with Gasteiger partial charge in [-0.15, -0.1) is 0 Å². The molecule has 0 radical (unpaired) electrons. The second kappa shape index (κ2) is 5.52. The van der Waals surface area contributed by atoms with E-state index in [0.717, 1.165) is 34.5 Å². The lowest BCUT2D eigenvalue weighted by Gasteiger charge is -2.27. The van der Waals surface area contributed by atoms with E-state index in [4.69, 9.17) is 4.74 Å². The van der Waals surface area contributed by atoms with Gasteiger partial charge in [-0.3, -0.25) is 0 Å². The van der Waals surface area contributed by atoms with Gasteiger partial charge in [0, 0.05) is 17.6 Å². The molecule has 3 heteroatoms. The predicted octanol–water partition coefficient (Wildman–Crippen LogP) is 4.32. The third-order valence-corrected chi connectivity index (χ3v) is 3.71. The van der Waals surface area contributed by atoms with E-state index in [9.17, 15) is 9.18 Å². The topological polar surface area (TPSA) is 26.3 Å². The number of ether oxygens (including phenoxy) is 1. The number of carbonyl (C=O) groups excluding carboxylic acids is 1. The number of benzene rings is 2. The summed E-state index contributed by atoms with van der Waals surface area (Å²) in [6.45, 7) is 1.98. The zero-order valence-corrected chi connectivity index (χ0v) is 11.7. The van der Waals surface area contributed by atoms with Crippen LogP contribution in [0.25, 0.3) is 5.57 Å². The van der Waals surface area contributed by atoms with Crippen molar-refractivity contribution in [1.29, 1.82) is 0 Å². The van der Waals surface area contributed by atoms with Gasteiger partial charge in [0.2, 0.25) is 0 Å². The lowest BCUT2D eigenvalue weighted by molar-refractivity contribution is -0.108. The third kappa shape index (κ3) is 2.35. The molecule has 0 fully saturated rings. The molecule has 0 amide bonds. The molecule has 106 valence electrons. The second-order valence-corrected chi connectivity index (χ2v) is 4.95. The van der Waals surface area contributed by atoms with Crippen LogP contribution in [0.2, 0.25) is 0 Å². The molecule has 0 aliphatic carbocycles. The van der Waals surface area contributed by atoms with Crippen LogP contribution in [0.4, 0.5) is 4.39 Å².